The van der Waals surface area contributed by atoms with Crippen LogP contribution in [0.5, 0.6) is 0 Å². The molecule has 6 heteroatoms. The number of unbranched alkanes of at least 4 members (excludes halogenated alkanes) is 1. The van der Waals surface area contributed by atoms with Crippen molar-refractivity contribution in [2.45, 2.75) is 75.1 Å². The molecule has 0 radical (unpaired) electrons. The Morgan fingerprint density at radius 3 is 2.54 bits per heavy atom. The zero-order valence-electron chi connectivity index (χ0n) is 14.0. The number of fused-ring (bicyclic) bond motifs is 1. The largest absolute Gasteiger partial charge is 0.332 e. The Kier molecular flexibility index (Phi) is 7.64. The number of nitrogens with one attached hydrogen (secondary N) is 2. The summed E-state index contributed by atoms with van der Waals surface area (Å²) in [6, 6.07) is 0.454. The molecule has 0 unspecified atom stereocenters. The van der Waals surface area contributed by atoms with E-state index in [0.717, 1.165) is 25.0 Å². The molecule has 5 nitrogen and oxygen atoms in total. The van der Waals surface area contributed by atoms with Crippen LogP contribution in [0.1, 0.15) is 57.8 Å². The second-order valence-corrected chi connectivity index (χ2v) is 7.77. The molecule has 2 aliphatic rings. The van der Waals surface area contributed by atoms with Crippen molar-refractivity contribution in [3.8, 4) is 12.3 Å². The van der Waals surface area contributed by atoms with Gasteiger partial charge in [-0.2, -0.15) is 11.8 Å². The SMILES string of the molecule is C#CCCC(=O)CCCC(=O)CCCC[C@@H]1SC[C@@H]2NC(=O)N[C@@H]21. The van der Waals surface area contributed by atoms with Crippen LogP contribution in [0.15, 0.2) is 0 Å². The molecule has 0 aromatic heterocycles. The van der Waals surface area contributed by atoms with Gasteiger partial charge in [0.15, 0.2) is 0 Å². The highest BCUT2D eigenvalue weighted by Crippen LogP contribution is 2.33. The first-order chi connectivity index (χ1) is 11.6. The molecular weight excluding hydrogens is 324 g/mol. The van der Waals surface area contributed by atoms with Gasteiger partial charge in [-0.3, -0.25) is 9.59 Å². The molecule has 2 heterocycles. The van der Waals surface area contributed by atoms with Gasteiger partial charge < -0.3 is 10.6 Å². The van der Waals surface area contributed by atoms with E-state index < -0.39 is 0 Å². The lowest BCUT2D eigenvalue weighted by atomic mass is 10.0. The number of carbonyl (C=O) groups excluding carboxylic acids is 3. The molecule has 0 aliphatic carbocycles. The van der Waals surface area contributed by atoms with Gasteiger partial charge in [0.05, 0.1) is 12.1 Å². The normalized spacial score (nSPS) is 24.8. The van der Waals surface area contributed by atoms with E-state index in [-0.39, 0.29) is 29.7 Å². The number of rotatable bonds is 11. The third-order valence-corrected chi connectivity index (χ3v) is 6.10. The zero-order chi connectivity index (χ0) is 17.4. The van der Waals surface area contributed by atoms with Gasteiger partial charge in [0.1, 0.15) is 11.6 Å². The van der Waals surface area contributed by atoms with Crippen LogP contribution < -0.4 is 10.6 Å². The van der Waals surface area contributed by atoms with E-state index in [1.54, 1.807) is 0 Å². The predicted octanol–water partition coefficient (Wildman–Crippen LogP) is 2.43. The smallest absolute Gasteiger partial charge is 0.315 e. The maximum atomic E-state index is 11.8. The Morgan fingerprint density at radius 1 is 1.08 bits per heavy atom. The number of amides is 2. The highest BCUT2D eigenvalue weighted by atomic mass is 32.2. The van der Waals surface area contributed by atoms with Gasteiger partial charge in [0, 0.05) is 43.1 Å². The Hall–Kier alpha value is -1.48. The van der Waals surface area contributed by atoms with Crippen LogP contribution in [-0.2, 0) is 9.59 Å². The first-order valence-corrected chi connectivity index (χ1v) is 9.80. The Morgan fingerprint density at radius 2 is 1.79 bits per heavy atom. The minimum atomic E-state index is -0.0535. The maximum absolute atomic E-state index is 11.8. The number of thioether (sulfide) groups is 1. The fraction of sp³-hybridized carbons (Fsp3) is 0.722. The van der Waals surface area contributed by atoms with Crippen molar-refractivity contribution in [1.82, 2.24) is 10.6 Å². The highest BCUT2D eigenvalue weighted by Gasteiger charge is 2.42. The van der Waals surface area contributed by atoms with Crippen LogP contribution in [0.4, 0.5) is 4.79 Å². The molecule has 2 rings (SSSR count). The second-order valence-electron chi connectivity index (χ2n) is 6.50. The monoisotopic (exact) mass is 350 g/mol. The number of hydrogen-bond acceptors (Lipinski definition) is 4. The van der Waals surface area contributed by atoms with Gasteiger partial charge >= 0.3 is 6.03 Å². The summed E-state index contributed by atoms with van der Waals surface area (Å²) in [6.07, 6.45) is 11.1. The van der Waals surface area contributed by atoms with Gasteiger partial charge in [-0.1, -0.05) is 6.42 Å². The summed E-state index contributed by atoms with van der Waals surface area (Å²) in [6.45, 7) is 0. The number of hydrogen-bond donors (Lipinski definition) is 2. The van der Waals surface area contributed by atoms with Crippen LogP contribution in [0.2, 0.25) is 0 Å². The molecule has 0 aromatic carbocycles. The topological polar surface area (TPSA) is 75.3 Å². The minimum absolute atomic E-state index is 0.0535. The molecule has 2 amide bonds. The van der Waals surface area contributed by atoms with E-state index in [1.165, 1.54) is 0 Å². The van der Waals surface area contributed by atoms with Crippen molar-refractivity contribution >= 4 is 29.4 Å². The molecule has 132 valence electrons. The molecule has 3 atom stereocenters. The maximum Gasteiger partial charge on any atom is 0.315 e. The van der Waals surface area contributed by atoms with Gasteiger partial charge in [-0.15, -0.1) is 12.3 Å². The van der Waals surface area contributed by atoms with Gasteiger partial charge in [-0.25, -0.2) is 4.79 Å². The van der Waals surface area contributed by atoms with Crippen LogP contribution in [-0.4, -0.2) is 40.7 Å². The molecule has 2 saturated heterocycles. The van der Waals surface area contributed by atoms with Gasteiger partial charge in [-0.05, 0) is 19.3 Å². The molecule has 0 spiro atoms. The molecule has 0 saturated carbocycles. The first-order valence-electron chi connectivity index (χ1n) is 8.75. The number of urea groups is 1. The fourth-order valence-corrected chi connectivity index (χ4v) is 4.80. The Bertz CT molecular complexity index is 515. The first kappa shape index (κ1) is 18.9. The fourth-order valence-electron chi connectivity index (χ4n) is 3.26. The third-order valence-electron chi connectivity index (χ3n) is 4.59. The summed E-state index contributed by atoms with van der Waals surface area (Å²) in [5.41, 5.74) is 0. The van der Waals surface area contributed by atoms with E-state index in [2.05, 4.69) is 16.6 Å². The van der Waals surface area contributed by atoms with Crippen molar-refractivity contribution in [3.05, 3.63) is 0 Å². The summed E-state index contributed by atoms with van der Waals surface area (Å²) in [4.78, 5) is 34.6. The molecule has 2 aliphatic heterocycles. The number of ketones is 2. The zero-order valence-corrected chi connectivity index (χ0v) is 14.8. The second kappa shape index (κ2) is 9.73. The summed E-state index contributed by atoms with van der Waals surface area (Å²) in [5, 5.41) is 6.38. The lowest BCUT2D eigenvalue weighted by Crippen LogP contribution is -2.36. The molecule has 24 heavy (non-hydrogen) atoms. The van der Waals surface area contributed by atoms with Crippen LogP contribution in [0.25, 0.3) is 0 Å². The predicted molar refractivity (Wildman–Crippen MR) is 95.9 cm³/mol. The molecule has 0 aromatic rings. The molecule has 2 fully saturated rings. The summed E-state index contributed by atoms with van der Waals surface area (Å²) in [5.74, 6) is 3.82. The lowest BCUT2D eigenvalue weighted by Gasteiger charge is -2.16. The summed E-state index contributed by atoms with van der Waals surface area (Å²) >= 11 is 1.91. The van der Waals surface area contributed by atoms with E-state index in [1.807, 2.05) is 11.8 Å². The number of Topliss-reactive ketones (excluding diaryl/α,β-unsaturated/α-hetero) is 2. The highest BCUT2D eigenvalue weighted by molar-refractivity contribution is 8.00. The van der Waals surface area contributed by atoms with Gasteiger partial charge in [0.2, 0.25) is 0 Å². The van der Waals surface area contributed by atoms with Crippen molar-refractivity contribution in [1.29, 1.82) is 0 Å². The summed E-state index contributed by atoms with van der Waals surface area (Å²) in [7, 11) is 0. The van der Waals surface area contributed by atoms with E-state index in [4.69, 9.17) is 6.42 Å². The lowest BCUT2D eigenvalue weighted by molar-refractivity contribution is -0.120. The van der Waals surface area contributed by atoms with Crippen molar-refractivity contribution < 1.29 is 14.4 Å². The van der Waals surface area contributed by atoms with Crippen molar-refractivity contribution in [3.63, 3.8) is 0 Å². The average Bonchev–Trinajstić information content (AvgIpc) is 3.09. The Labute approximate surface area is 148 Å². The van der Waals surface area contributed by atoms with Crippen LogP contribution in [0, 0.1) is 12.3 Å². The third kappa shape index (κ3) is 5.86. The van der Waals surface area contributed by atoms with E-state index in [9.17, 15) is 14.4 Å². The molecule has 2 N–H and O–H groups in total. The quantitative estimate of drug-likeness (QED) is 0.341. The molecule has 0 bridgehead atoms. The van der Waals surface area contributed by atoms with E-state index >= 15 is 0 Å². The van der Waals surface area contributed by atoms with Crippen molar-refractivity contribution in [2.75, 3.05) is 5.75 Å². The Balaban J connectivity index is 1.50. The van der Waals surface area contributed by atoms with Crippen molar-refractivity contribution in [2.24, 2.45) is 0 Å². The standard InChI is InChI=1S/C18H26N2O3S/c1-2-3-7-13(21)9-6-10-14(22)8-4-5-11-16-17-15(12-24-16)19-18(23)20-17/h1,15-17H,3-12H2,(H2,19,20,23)/t15-,16-,17-/m0/s1. The minimum Gasteiger partial charge on any atom is -0.332 e. The van der Waals surface area contributed by atoms with Crippen LogP contribution in [0.3, 0.4) is 0 Å². The van der Waals surface area contributed by atoms with Crippen LogP contribution >= 0.6 is 11.8 Å². The van der Waals surface area contributed by atoms with Gasteiger partial charge in [0.25, 0.3) is 0 Å². The number of carbonyl (C=O) groups is 3. The molecular formula is C18H26N2O3S. The average molecular weight is 350 g/mol. The summed E-state index contributed by atoms with van der Waals surface area (Å²) < 4.78 is 0. The van der Waals surface area contributed by atoms with E-state index in [0.29, 0.717) is 43.8 Å². The number of terminal acetylenes is 1.